The summed E-state index contributed by atoms with van der Waals surface area (Å²) in [5.74, 6) is 0.153. The predicted octanol–water partition coefficient (Wildman–Crippen LogP) is 5.04. The topological polar surface area (TPSA) is 58.1 Å². The Kier molecular flexibility index (Phi) is 4.72. The Labute approximate surface area is 167 Å². The minimum absolute atomic E-state index is 0.276. The molecule has 0 fully saturated rings. The number of nitrogens with one attached hydrogen (secondary N) is 1. The van der Waals surface area contributed by atoms with Crippen molar-refractivity contribution < 1.29 is 4.79 Å². The summed E-state index contributed by atoms with van der Waals surface area (Å²) in [6.07, 6.45) is 0.924. The Morgan fingerprint density at radius 3 is 2.78 bits per heavy atom. The van der Waals surface area contributed by atoms with Gasteiger partial charge in [-0.3, -0.25) is 4.79 Å². The van der Waals surface area contributed by atoms with Gasteiger partial charge in [-0.05, 0) is 49.2 Å². The largest absolute Gasteiger partial charge is 0.319 e. The van der Waals surface area contributed by atoms with E-state index in [1.807, 2.05) is 30.0 Å². The van der Waals surface area contributed by atoms with Gasteiger partial charge in [0, 0.05) is 22.9 Å². The molecule has 5 nitrogen and oxygen atoms in total. The maximum absolute atomic E-state index is 12.7. The van der Waals surface area contributed by atoms with Crippen LogP contribution in [-0.2, 0) is 6.42 Å². The molecule has 0 aliphatic carbocycles. The monoisotopic (exact) mass is 398 g/mol. The Hall–Kier alpha value is -2.63. The van der Waals surface area contributed by atoms with Crippen molar-refractivity contribution in [3.8, 4) is 0 Å². The molecule has 0 saturated carbocycles. The van der Waals surface area contributed by atoms with Crippen LogP contribution < -0.4 is 10.2 Å². The van der Waals surface area contributed by atoms with Gasteiger partial charge in [0.15, 0.2) is 0 Å². The third kappa shape index (κ3) is 3.61. The van der Waals surface area contributed by atoms with Gasteiger partial charge in [0.05, 0.1) is 10.7 Å². The van der Waals surface area contributed by atoms with Crippen LogP contribution in [0.3, 0.4) is 0 Å². The molecule has 27 heavy (non-hydrogen) atoms. The van der Waals surface area contributed by atoms with E-state index in [2.05, 4.69) is 21.4 Å². The third-order valence-corrected chi connectivity index (χ3v) is 4.94. The first-order valence-corrected chi connectivity index (χ1v) is 9.24. The van der Waals surface area contributed by atoms with Crippen molar-refractivity contribution in [2.45, 2.75) is 13.3 Å². The van der Waals surface area contributed by atoms with E-state index in [1.165, 1.54) is 5.56 Å². The highest BCUT2D eigenvalue weighted by molar-refractivity contribution is 6.35. The van der Waals surface area contributed by atoms with E-state index in [9.17, 15) is 4.79 Å². The third-order valence-electron chi connectivity index (χ3n) is 4.38. The van der Waals surface area contributed by atoms with E-state index in [0.717, 1.165) is 18.7 Å². The van der Waals surface area contributed by atoms with Crippen molar-refractivity contribution in [3.63, 3.8) is 0 Å². The highest BCUT2D eigenvalue weighted by atomic mass is 35.5. The molecule has 0 radical (unpaired) electrons. The van der Waals surface area contributed by atoms with Crippen LogP contribution in [0.2, 0.25) is 10.0 Å². The Morgan fingerprint density at radius 2 is 1.93 bits per heavy atom. The highest BCUT2D eigenvalue weighted by Gasteiger charge is 2.23. The van der Waals surface area contributed by atoms with Crippen LogP contribution >= 0.6 is 23.2 Å². The number of anilines is 3. The fourth-order valence-electron chi connectivity index (χ4n) is 3.12. The van der Waals surface area contributed by atoms with Gasteiger partial charge in [0.1, 0.15) is 5.69 Å². The van der Waals surface area contributed by atoms with Crippen LogP contribution in [0, 0.1) is 6.92 Å². The predicted molar refractivity (Wildman–Crippen MR) is 108 cm³/mol. The van der Waals surface area contributed by atoms with Gasteiger partial charge in [-0.15, -0.1) is 0 Å². The summed E-state index contributed by atoms with van der Waals surface area (Å²) in [6, 6.07) is 14.7. The summed E-state index contributed by atoms with van der Waals surface area (Å²) in [4.78, 5) is 23.8. The molecule has 2 heterocycles. The Morgan fingerprint density at radius 1 is 1.11 bits per heavy atom. The number of hydrogen-bond donors (Lipinski definition) is 1. The number of aryl methyl sites for hydroxylation is 1. The molecule has 0 atom stereocenters. The highest BCUT2D eigenvalue weighted by Crippen LogP contribution is 2.32. The van der Waals surface area contributed by atoms with Crippen LogP contribution in [0.4, 0.5) is 17.3 Å². The van der Waals surface area contributed by atoms with E-state index >= 15 is 0 Å². The van der Waals surface area contributed by atoms with Gasteiger partial charge in [-0.25, -0.2) is 9.97 Å². The molecule has 0 bridgehead atoms. The first-order chi connectivity index (χ1) is 13.0. The molecule has 4 rings (SSSR count). The number of carbonyl (C=O) groups excluding carboxylic acids is 1. The fourth-order valence-corrected chi connectivity index (χ4v) is 3.45. The molecule has 1 aliphatic heterocycles. The molecule has 1 amide bonds. The van der Waals surface area contributed by atoms with E-state index < -0.39 is 0 Å². The number of fused-ring (bicyclic) bond motifs is 1. The summed E-state index contributed by atoms with van der Waals surface area (Å²) in [7, 11) is 0. The van der Waals surface area contributed by atoms with Crippen LogP contribution in [0.25, 0.3) is 0 Å². The van der Waals surface area contributed by atoms with Gasteiger partial charge in [-0.1, -0.05) is 41.4 Å². The lowest BCUT2D eigenvalue weighted by Crippen LogP contribution is -2.20. The zero-order valence-electron chi connectivity index (χ0n) is 14.5. The van der Waals surface area contributed by atoms with Crippen LogP contribution in [-0.4, -0.2) is 22.4 Å². The second-order valence-electron chi connectivity index (χ2n) is 6.30. The molecular formula is C20H16Cl2N4O. The lowest BCUT2D eigenvalue weighted by molar-refractivity contribution is 0.102. The molecule has 0 saturated heterocycles. The molecule has 1 aromatic heterocycles. The zero-order valence-corrected chi connectivity index (χ0v) is 16.1. The van der Waals surface area contributed by atoms with Gasteiger partial charge in [-0.2, -0.15) is 0 Å². The number of amides is 1. The summed E-state index contributed by atoms with van der Waals surface area (Å²) in [6.45, 7) is 2.63. The second-order valence-corrected chi connectivity index (χ2v) is 7.15. The minimum atomic E-state index is -0.363. The van der Waals surface area contributed by atoms with Gasteiger partial charge in [0.25, 0.3) is 5.91 Å². The van der Waals surface area contributed by atoms with E-state index in [0.29, 0.717) is 27.4 Å². The van der Waals surface area contributed by atoms with Crippen molar-refractivity contribution in [3.05, 3.63) is 75.5 Å². The standard InChI is InChI=1S/C20H16Cl2N4O/c1-12-10-17(19(27)24-16-11-14(21)6-7-15(16)22)25-20(23-12)26-9-8-13-4-2-3-5-18(13)26/h2-7,10-11H,8-9H2,1H3,(H,24,27). The average molecular weight is 399 g/mol. The smallest absolute Gasteiger partial charge is 0.274 e. The summed E-state index contributed by atoms with van der Waals surface area (Å²) < 4.78 is 0. The second kappa shape index (κ2) is 7.18. The normalized spacial score (nSPS) is 12.8. The van der Waals surface area contributed by atoms with Crippen molar-refractivity contribution >= 4 is 46.4 Å². The van der Waals surface area contributed by atoms with Crippen molar-refractivity contribution in [2.24, 2.45) is 0 Å². The minimum Gasteiger partial charge on any atom is -0.319 e. The van der Waals surface area contributed by atoms with Gasteiger partial charge >= 0.3 is 0 Å². The maximum atomic E-state index is 12.7. The summed E-state index contributed by atoms with van der Waals surface area (Å²) in [5.41, 5.74) is 3.76. The molecule has 136 valence electrons. The SMILES string of the molecule is Cc1cc(C(=O)Nc2cc(Cl)ccc2Cl)nc(N2CCc3ccccc32)n1. The van der Waals surface area contributed by atoms with Crippen molar-refractivity contribution in [2.75, 3.05) is 16.8 Å². The fraction of sp³-hybridized carbons (Fsp3) is 0.150. The number of para-hydroxylation sites is 1. The number of hydrogen-bond acceptors (Lipinski definition) is 4. The Balaban J connectivity index is 1.65. The van der Waals surface area contributed by atoms with E-state index in [1.54, 1.807) is 24.3 Å². The molecule has 0 spiro atoms. The summed E-state index contributed by atoms with van der Waals surface area (Å²) >= 11 is 12.1. The number of halogens is 2. The molecular weight excluding hydrogens is 383 g/mol. The quantitative estimate of drug-likeness (QED) is 0.671. The average Bonchev–Trinajstić information content (AvgIpc) is 3.08. The maximum Gasteiger partial charge on any atom is 0.274 e. The first kappa shape index (κ1) is 17.8. The van der Waals surface area contributed by atoms with Crippen molar-refractivity contribution in [1.29, 1.82) is 0 Å². The molecule has 1 aliphatic rings. The molecule has 0 unspecified atom stereocenters. The Bertz CT molecular complexity index is 1040. The molecule has 3 aromatic rings. The van der Waals surface area contributed by atoms with Crippen LogP contribution in [0.5, 0.6) is 0 Å². The van der Waals surface area contributed by atoms with Crippen molar-refractivity contribution in [1.82, 2.24) is 9.97 Å². The summed E-state index contributed by atoms with van der Waals surface area (Å²) in [5, 5.41) is 3.67. The van der Waals surface area contributed by atoms with E-state index in [4.69, 9.17) is 23.2 Å². The molecule has 1 N–H and O–H groups in total. The molecule has 7 heteroatoms. The number of rotatable bonds is 3. The number of carbonyl (C=O) groups is 1. The number of nitrogens with zero attached hydrogens (tertiary/aromatic N) is 3. The van der Waals surface area contributed by atoms with Crippen LogP contribution in [0.15, 0.2) is 48.5 Å². The van der Waals surface area contributed by atoms with Crippen LogP contribution in [0.1, 0.15) is 21.7 Å². The lowest BCUT2D eigenvalue weighted by Gasteiger charge is -2.18. The van der Waals surface area contributed by atoms with Gasteiger partial charge in [0.2, 0.25) is 5.95 Å². The van der Waals surface area contributed by atoms with E-state index in [-0.39, 0.29) is 11.6 Å². The first-order valence-electron chi connectivity index (χ1n) is 8.49. The number of aromatic nitrogens is 2. The van der Waals surface area contributed by atoms with Gasteiger partial charge < -0.3 is 10.2 Å². The molecule has 2 aromatic carbocycles. The zero-order chi connectivity index (χ0) is 19.0. The number of benzene rings is 2. The lowest BCUT2D eigenvalue weighted by atomic mass is 10.2.